The van der Waals surface area contributed by atoms with Crippen LogP contribution in [0.4, 0.5) is 0 Å². The summed E-state index contributed by atoms with van der Waals surface area (Å²) in [6.45, 7) is 0. The molecule has 2 heterocycles. The molecule has 10 aromatic rings. The molecule has 0 atom stereocenters. The van der Waals surface area contributed by atoms with Crippen molar-refractivity contribution in [3.63, 3.8) is 0 Å². The number of hydrogen-bond acceptors (Lipinski definition) is 3. The van der Waals surface area contributed by atoms with Crippen LogP contribution in [0.25, 0.3) is 99.6 Å². The largest absolute Gasteiger partial charge is 0.456 e. The van der Waals surface area contributed by atoms with Crippen molar-refractivity contribution in [3.05, 3.63) is 182 Å². The van der Waals surface area contributed by atoms with E-state index < -0.39 is 48.3 Å². The summed E-state index contributed by atoms with van der Waals surface area (Å²) in [7, 11) is 0. The van der Waals surface area contributed by atoms with E-state index in [1.807, 2.05) is 84.9 Å². The molecule has 0 saturated carbocycles. The molecule has 0 aliphatic carbocycles. The first-order chi connectivity index (χ1) is 29.0. The van der Waals surface area contributed by atoms with Crippen molar-refractivity contribution in [2.24, 2.45) is 0 Å². The Kier molecular flexibility index (Phi) is 4.98. The van der Waals surface area contributed by atoms with Crippen LogP contribution in [0.5, 0.6) is 0 Å². The molecule has 238 valence electrons. The summed E-state index contributed by atoms with van der Waals surface area (Å²) >= 11 is 0. The zero-order chi connectivity index (χ0) is 41.6. The van der Waals surface area contributed by atoms with Crippen LogP contribution >= 0.6 is 0 Å². The second kappa shape index (κ2) is 11.9. The molecule has 0 radical (unpaired) electrons. The number of fused-ring (bicyclic) bond motifs is 6. The molecule has 0 aliphatic heterocycles. The SMILES string of the molecule is [2H]c1c([2H])c([2H])c2c(c1[2H])c([2H])c(-c1ccc(-c3cc(-c4ccc(-c5ccc6oc7ccccc7c6c5)cc4)nc(-c4ccccc4)n3)cc1)c1c([2H])c([2H])c([2H])c([2H])c12. The van der Waals surface area contributed by atoms with Crippen LogP contribution in [0.3, 0.4) is 0 Å². The van der Waals surface area contributed by atoms with Crippen molar-refractivity contribution in [2.45, 2.75) is 0 Å². The Morgan fingerprint density at radius 2 is 1.00 bits per heavy atom. The maximum atomic E-state index is 9.32. The lowest BCUT2D eigenvalue weighted by Gasteiger charge is -2.13. The Hall–Kier alpha value is -6.84. The number of furan rings is 1. The van der Waals surface area contributed by atoms with Gasteiger partial charge in [-0.1, -0.05) is 151 Å². The molecular formula is C48H30N2O. The lowest BCUT2D eigenvalue weighted by molar-refractivity contribution is 0.669. The molecule has 0 amide bonds. The first-order valence-corrected chi connectivity index (χ1v) is 16.5. The molecule has 0 unspecified atom stereocenters. The standard InChI is InChI=1S/C48H30N2O/c1-2-10-35(11-3-1)48-49-44(33-22-18-31(19-23-33)36-26-27-47-43(28-36)41-16-8-9-17-46(41)51-47)30-45(50-48)34-24-20-32(21-25-34)42-29-37-12-4-5-13-38(37)39-14-6-7-15-40(39)42/h1-30H/i4D,5D,6D,7D,12D,13D,14D,15D,29D. The van der Waals surface area contributed by atoms with E-state index in [-0.39, 0.29) is 33.2 Å². The van der Waals surface area contributed by atoms with Gasteiger partial charge in [-0.25, -0.2) is 9.97 Å². The zero-order valence-electron chi connectivity index (χ0n) is 35.9. The number of aromatic nitrogens is 2. The minimum absolute atomic E-state index is 0.00783. The van der Waals surface area contributed by atoms with Crippen LogP contribution in [-0.2, 0) is 0 Å². The molecule has 51 heavy (non-hydrogen) atoms. The number of rotatable bonds is 5. The van der Waals surface area contributed by atoms with Gasteiger partial charge in [0, 0.05) is 27.5 Å². The van der Waals surface area contributed by atoms with Crippen molar-refractivity contribution in [3.8, 4) is 56.2 Å². The number of benzene rings is 8. The van der Waals surface area contributed by atoms with Gasteiger partial charge in [0.1, 0.15) is 11.2 Å². The van der Waals surface area contributed by atoms with Crippen molar-refractivity contribution >= 4 is 43.5 Å². The van der Waals surface area contributed by atoms with Gasteiger partial charge in [-0.3, -0.25) is 0 Å². The van der Waals surface area contributed by atoms with Crippen molar-refractivity contribution in [2.75, 3.05) is 0 Å². The fraction of sp³-hybridized carbons (Fsp3) is 0. The smallest absolute Gasteiger partial charge is 0.160 e. The maximum absolute atomic E-state index is 9.32. The van der Waals surface area contributed by atoms with Gasteiger partial charge in [-0.15, -0.1) is 0 Å². The quantitative estimate of drug-likeness (QED) is 0.173. The highest BCUT2D eigenvalue weighted by Gasteiger charge is 2.14. The Balaban J connectivity index is 1.09. The highest BCUT2D eigenvalue weighted by molar-refractivity contribution is 6.13. The predicted molar refractivity (Wildman–Crippen MR) is 212 cm³/mol. The van der Waals surface area contributed by atoms with E-state index in [0.717, 1.165) is 49.8 Å². The van der Waals surface area contributed by atoms with Gasteiger partial charge in [0.2, 0.25) is 0 Å². The third kappa shape index (κ3) is 5.15. The van der Waals surface area contributed by atoms with Crippen molar-refractivity contribution in [1.82, 2.24) is 9.97 Å². The fourth-order valence-electron chi connectivity index (χ4n) is 6.69. The van der Waals surface area contributed by atoms with Gasteiger partial charge < -0.3 is 4.42 Å². The van der Waals surface area contributed by atoms with Crippen LogP contribution in [-0.4, -0.2) is 9.97 Å². The highest BCUT2D eigenvalue weighted by Crippen LogP contribution is 2.37. The normalized spacial score (nSPS) is 14.0. The average molecular weight is 660 g/mol. The monoisotopic (exact) mass is 659 g/mol. The van der Waals surface area contributed by atoms with Gasteiger partial charge in [0.25, 0.3) is 0 Å². The van der Waals surface area contributed by atoms with E-state index in [9.17, 15) is 1.37 Å². The van der Waals surface area contributed by atoms with Gasteiger partial charge in [0.05, 0.1) is 23.7 Å². The average Bonchev–Trinajstić information content (AvgIpc) is 3.66. The minimum atomic E-state index is -0.547. The highest BCUT2D eigenvalue weighted by atomic mass is 16.3. The lowest BCUT2D eigenvalue weighted by Crippen LogP contribution is -1.96. The topological polar surface area (TPSA) is 38.9 Å². The minimum Gasteiger partial charge on any atom is -0.456 e. The molecule has 3 heteroatoms. The van der Waals surface area contributed by atoms with Gasteiger partial charge in [-0.05, 0) is 74.1 Å². The molecule has 8 aromatic carbocycles. The zero-order valence-corrected chi connectivity index (χ0v) is 26.9. The third-order valence-corrected chi connectivity index (χ3v) is 9.24. The number of nitrogens with zero attached hydrogens (tertiary/aromatic N) is 2. The Morgan fingerprint density at radius 1 is 0.412 bits per heavy atom. The Morgan fingerprint density at radius 3 is 1.76 bits per heavy atom. The predicted octanol–water partition coefficient (Wildman–Crippen LogP) is 13.0. The van der Waals surface area contributed by atoms with Gasteiger partial charge >= 0.3 is 0 Å². The summed E-state index contributed by atoms with van der Waals surface area (Å²) in [5.41, 5.74) is 8.09. The van der Waals surface area contributed by atoms with Crippen molar-refractivity contribution in [1.29, 1.82) is 0 Å². The summed E-state index contributed by atoms with van der Waals surface area (Å²) in [5, 5.41) is 1.83. The van der Waals surface area contributed by atoms with E-state index >= 15 is 0 Å². The fourth-order valence-corrected chi connectivity index (χ4v) is 6.69. The van der Waals surface area contributed by atoms with Crippen LogP contribution in [0.2, 0.25) is 0 Å². The maximum Gasteiger partial charge on any atom is 0.160 e. The van der Waals surface area contributed by atoms with Crippen LogP contribution < -0.4 is 0 Å². The molecule has 0 fully saturated rings. The van der Waals surface area contributed by atoms with Crippen LogP contribution in [0.15, 0.2) is 186 Å². The van der Waals surface area contributed by atoms with Gasteiger partial charge in [-0.2, -0.15) is 0 Å². The molecule has 10 rings (SSSR count). The third-order valence-electron chi connectivity index (χ3n) is 9.24. The van der Waals surface area contributed by atoms with E-state index in [4.69, 9.17) is 25.4 Å². The summed E-state index contributed by atoms with van der Waals surface area (Å²) in [5.74, 6) is 0.521. The van der Waals surface area contributed by atoms with E-state index in [2.05, 4.69) is 30.3 Å². The Bertz CT molecular complexity index is 3410. The summed E-state index contributed by atoms with van der Waals surface area (Å²) < 4.78 is 84.1. The van der Waals surface area contributed by atoms with E-state index in [1.165, 1.54) is 0 Å². The van der Waals surface area contributed by atoms with Crippen molar-refractivity contribution < 1.29 is 16.8 Å². The second-order valence-corrected chi connectivity index (χ2v) is 12.3. The van der Waals surface area contributed by atoms with E-state index in [1.54, 1.807) is 12.1 Å². The molecule has 2 aromatic heterocycles. The van der Waals surface area contributed by atoms with Gasteiger partial charge in [0.15, 0.2) is 5.82 Å². The van der Waals surface area contributed by atoms with Crippen LogP contribution in [0, 0.1) is 0 Å². The number of hydrogen-bond donors (Lipinski definition) is 0. The molecule has 0 N–H and O–H groups in total. The first-order valence-electron chi connectivity index (χ1n) is 21.0. The summed E-state index contributed by atoms with van der Waals surface area (Å²) in [4.78, 5) is 9.96. The second-order valence-electron chi connectivity index (χ2n) is 12.3. The molecule has 0 aliphatic rings. The summed E-state index contributed by atoms with van der Waals surface area (Å²) in [6, 6.07) is 37.0. The molecule has 0 saturated heterocycles. The first kappa shape index (κ1) is 21.3. The number of para-hydroxylation sites is 1. The lowest BCUT2D eigenvalue weighted by atomic mass is 9.93. The molecular weight excluding hydrogens is 621 g/mol. The molecule has 3 nitrogen and oxygen atoms in total. The summed E-state index contributed by atoms with van der Waals surface area (Å²) in [6.07, 6.45) is 0. The van der Waals surface area contributed by atoms with Crippen LogP contribution in [0.1, 0.15) is 12.3 Å². The molecule has 0 bridgehead atoms. The Labute approximate surface area is 307 Å². The van der Waals surface area contributed by atoms with E-state index in [0.29, 0.717) is 22.8 Å². The molecule has 0 spiro atoms.